The third-order valence-corrected chi connectivity index (χ3v) is 6.93. The minimum atomic E-state index is -0.584. The van der Waals surface area contributed by atoms with Crippen LogP contribution in [0.3, 0.4) is 0 Å². The van der Waals surface area contributed by atoms with E-state index in [1.165, 1.54) is 19.3 Å². The molecule has 1 amide bonds. The van der Waals surface area contributed by atoms with Crippen LogP contribution in [0.25, 0.3) is 17.0 Å². The summed E-state index contributed by atoms with van der Waals surface area (Å²) in [5, 5.41) is 12.2. The van der Waals surface area contributed by atoms with Crippen LogP contribution < -0.4 is 15.9 Å². The minimum absolute atomic E-state index is 0.181. The lowest BCUT2D eigenvalue weighted by Gasteiger charge is -2.32. The van der Waals surface area contributed by atoms with Gasteiger partial charge in [0.1, 0.15) is 11.5 Å². The largest absolute Gasteiger partial charge is 0.457 e. The second kappa shape index (κ2) is 10.1. The average Bonchev–Trinajstić information content (AvgIpc) is 3.33. The first-order chi connectivity index (χ1) is 16.6. The van der Waals surface area contributed by atoms with E-state index in [4.69, 9.17) is 26.1 Å². The Morgan fingerprint density at radius 3 is 2.82 bits per heavy atom. The number of hydrogen-bond acceptors (Lipinski definition) is 6. The number of amides is 1. The molecule has 6 nitrogen and oxygen atoms in total. The SMILES string of the molecule is CCCCCCSC1=NN2C(=c3ccccc3=N[C@@H]2c2ccc(-c3cccc(Cl)c3)o2)C(=O)N1. The second-order valence-electron chi connectivity index (χ2n) is 8.19. The highest BCUT2D eigenvalue weighted by atomic mass is 35.5. The molecule has 8 heteroatoms. The van der Waals surface area contributed by atoms with Crippen LogP contribution in [-0.2, 0) is 4.79 Å². The smallest absolute Gasteiger partial charge is 0.276 e. The number of hydrazone groups is 1. The number of thioether (sulfide) groups is 1. The number of carbonyl (C=O) groups excluding carboxylic acids is 1. The van der Waals surface area contributed by atoms with E-state index in [-0.39, 0.29) is 5.91 Å². The molecule has 34 heavy (non-hydrogen) atoms. The van der Waals surface area contributed by atoms with E-state index in [1.54, 1.807) is 16.8 Å². The van der Waals surface area contributed by atoms with Crippen LogP contribution in [0.15, 0.2) is 75.2 Å². The van der Waals surface area contributed by atoms with E-state index in [2.05, 4.69) is 12.2 Å². The summed E-state index contributed by atoms with van der Waals surface area (Å²) >= 11 is 7.73. The van der Waals surface area contributed by atoms with Crippen molar-refractivity contribution in [2.75, 3.05) is 5.75 Å². The average molecular weight is 493 g/mol. The molecule has 0 saturated heterocycles. The molecule has 0 aliphatic carbocycles. The van der Waals surface area contributed by atoms with Crippen molar-refractivity contribution in [2.24, 2.45) is 10.1 Å². The van der Waals surface area contributed by atoms with Gasteiger partial charge in [-0.2, -0.15) is 0 Å². The molecule has 2 aliphatic heterocycles. The Bertz CT molecular complexity index is 1370. The van der Waals surface area contributed by atoms with Crippen molar-refractivity contribution in [2.45, 2.75) is 38.8 Å². The number of benzene rings is 2. The maximum Gasteiger partial charge on any atom is 0.276 e. The Kier molecular flexibility index (Phi) is 6.74. The first kappa shape index (κ1) is 22.7. The Morgan fingerprint density at radius 2 is 1.97 bits per heavy atom. The second-order valence-corrected chi connectivity index (χ2v) is 9.71. The van der Waals surface area contributed by atoms with E-state index in [9.17, 15) is 4.79 Å². The van der Waals surface area contributed by atoms with Crippen LogP contribution in [-0.4, -0.2) is 21.8 Å². The Hall–Kier alpha value is -3.03. The summed E-state index contributed by atoms with van der Waals surface area (Å²) < 4.78 is 6.21. The lowest BCUT2D eigenvalue weighted by atomic mass is 10.1. The molecule has 5 rings (SSSR count). The molecule has 3 aromatic rings. The standard InChI is InChI=1S/C26H25ClN4O2S/c1-2-3-4-7-15-34-26-29-25(32)23-19-11-5-6-12-20(19)28-24(31(23)30-26)22-14-13-21(33-22)17-9-8-10-18(27)16-17/h5-6,8-14,16,24H,2-4,7,15H2,1H3,(H,29,30,32)/t24-/m0/s1. The number of fused-ring (bicyclic) bond motifs is 2. The number of rotatable bonds is 7. The highest BCUT2D eigenvalue weighted by Crippen LogP contribution is 2.34. The third-order valence-electron chi connectivity index (χ3n) is 5.74. The fourth-order valence-electron chi connectivity index (χ4n) is 4.06. The zero-order chi connectivity index (χ0) is 23.5. The van der Waals surface area contributed by atoms with Gasteiger partial charge in [0.15, 0.2) is 10.9 Å². The van der Waals surface area contributed by atoms with Crippen LogP contribution in [0.1, 0.15) is 44.5 Å². The monoisotopic (exact) mass is 492 g/mol. The maximum absolute atomic E-state index is 13.2. The Balaban J connectivity index is 1.50. The molecular formula is C26H25ClN4O2S. The van der Waals surface area contributed by atoms with Gasteiger partial charge >= 0.3 is 0 Å². The Labute approximate surface area is 207 Å². The van der Waals surface area contributed by atoms with Gasteiger partial charge < -0.3 is 4.42 Å². The van der Waals surface area contributed by atoms with Gasteiger partial charge in [-0.15, -0.1) is 5.10 Å². The van der Waals surface area contributed by atoms with Crippen LogP contribution >= 0.6 is 23.4 Å². The molecule has 1 N–H and O–H groups in total. The van der Waals surface area contributed by atoms with Crippen molar-refractivity contribution >= 4 is 40.1 Å². The van der Waals surface area contributed by atoms with Crippen molar-refractivity contribution < 1.29 is 9.21 Å². The summed E-state index contributed by atoms with van der Waals surface area (Å²) in [6.45, 7) is 2.19. The molecular weight excluding hydrogens is 468 g/mol. The number of hydrogen-bond donors (Lipinski definition) is 1. The zero-order valence-corrected chi connectivity index (χ0v) is 20.4. The van der Waals surface area contributed by atoms with E-state index < -0.39 is 6.17 Å². The zero-order valence-electron chi connectivity index (χ0n) is 18.8. The number of carbonyl (C=O) groups is 1. The summed E-state index contributed by atoms with van der Waals surface area (Å²) in [6.07, 6.45) is 4.09. The number of nitrogens with one attached hydrogen (secondary N) is 1. The third kappa shape index (κ3) is 4.63. The lowest BCUT2D eigenvalue weighted by Crippen LogP contribution is -2.50. The van der Waals surface area contributed by atoms with Crippen LogP contribution in [0.2, 0.25) is 5.02 Å². The summed E-state index contributed by atoms with van der Waals surface area (Å²) in [7, 11) is 0. The van der Waals surface area contributed by atoms with Crippen molar-refractivity contribution in [3.63, 3.8) is 0 Å². The first-order valence-electron chi connectivity index (χ1n) is 11.5. The van der Waals surface area contributed by atoms with E-state index >= 15 is 0 Å². The molecule has 0 unspecified atom stereocenters. The number of furan rings is 1. The van der Waals surface area contributed by atoms with E-state index in [0.29, 0.717) is 27.4 Å². The molecule has 1 atom stereocenters. The highest BCUT2D eigenvalue weighted by molar-refractivity contribution is 8.13. The minimum Gasteiger partial charge on any atom is -0.457 e. The summed E-state index contributed by atoms with van der Waals surface area (Å²) in [6, 6.07) is 18.9. The number of unbranched alkanes of at least 4 members (excludes halogenated alkanes) is 3. The van der Waals surface area contributed by atoms with Crippen molar-refractivity contribution in [1.29, 1.82) is 0 Å². The molecule has 0 bridgehead atoms. The molecule has 0 saturated carbocycles. The van der Waals surface area contributed by atoms with Gasteiger partial charge in [0.05, 0.1) is 5.36 Å². The number of halogens is 1. The van der Waals surface area contributed by atoms with Gasteiger partial charge in [-0.1, -0.05) is 79.9 Å². The molecule has 1 aromatic heterocycles. The van der Waals surface area contributed by atoms with E-state index in [0.717, 1.165) is 28.3 Å². The van der Waals surface area contributed by atoms with Crippen molar-refractivity contribution in [1.82, 2.24) is 10.3 Å². The first-order valence-corrected chi connectivity index (χ1v) is 12.9. The molecule has 2 aromatic carbocycles. The van der Waals surface area contributed by atoms with E-state index in [1.807, 2.05) is 60.7 Å². The van der Waals surface area contributed by atoms with Gasteiger partial charge in [0.25, 0.3) is 5.91 Å². The molecule has 0 fully saturated rings. The van der Waals surface area contributed by atoms with Gasteiger partial charge in [-0.25, -0.2) is 10.0 Å². The molecule has 3 heterocycles. The predicted octanol–water partition coefficient (Wildman–Crippen LogP) is 5.06. The van der Waals surface area contributed by atoms with Crippen molar-refractivity contribution in [3.05, 3.63) is 82.0 Å². The van der Waals surface area contributed by atoms with Crippen molar-refractivity contribution in [3.8, 4) is 11.3 Å². The molecule has 0 spiro atoms. The quantitative estimate of drug-likeness (QED) is 0.468. The number of para-hydroxylation sites is 1. The van der Waals surface area contributed by atoms with Gasteiger partial charge in [-0.05, 0) is 36.8 Å². The van der Waals surface area contributed by atoms with Gasteiger partial charge in [0, 0.05) is 21.6 Å². The van der Waals surface area contributed by atoms with Gasteiger partial charge in [-0.3, -0.25) is 10.1 Å². The highest BCUT2D eigenvalue weighted by Gasteiger charge is 2.35. The predicted molar refractivity (Wildman–Crippen MR) is 137 cm³/mol. The molecule has 0 radical (unpaired) electrons. The summed E-state index contributed by atoms with van der Waals surface area (Å²) in [4.78, 5) is 18.1. The normalized spacial score (nSPS) is 16.9. The summed E-state index contributed by atoms with van der Waals surface area (Å²) in [5.74, 6) is 2.01. The fourth-order valence-corrected chi connectivity index (χ4v) is 5.11. The topological polar surface area (TPSA) is 70.2 Å². The lowest BCUT2D eigenvalue weighted by molar-refractivity contribution is -0.116. The maximum atomic E-state index is 13.2. The summed E-state index contributed by atoms with van der Waals surface area (Å²) in [5.41, 5.74) is 1.36. The van der Waals surface area contributed by atoms with Crippen LogP contribution in [0.5, 0.6) is 0 Å². The number of nitrogens with zero attached hydrogens (tertiary/aromatic N) is 3. The number of amidine groups is 1. The fraction of sp³-hybridized carbons (Fsp3) is 0.269. The van der Waals surface area contributed by atoms with Gasteiger partial charge in [0.2, 0.25) is 6.17 Å². The molecule has 174 valence electrons. The Morgan fingerprint density at radius 1 is 1.09 bits per heavy atom. The van der Waals surface area contributed by atoms with Crippen LogP contribution in [0.4, 0.5) is 0 Å². The van der Waals surface area contributed by atoms with Crippen LogP contribution in [0, 0.1) is 0 Å². The molecule has 2 aliphatic rings.